The van der Waals surface area contributed by atoms with Crippen LogP contribution in [-0.2, 0) is 9.47 Å². The summed E-state index contributed by atoms with van der Waals surface area (Å²) in [5.74, 6) is 0.214. The Hall–Kier alpha value is -1.11. The predicted molar refractivity (Wildman–Crippen MR) is 116 cm³/mol. The highest BCUT2D eigenvalue weighted by molar-refractivity contribution is 7.16. The van der Waals surface area contributed by atoms with Crippen LogP contribution in [0.1, 0.15) is 73.7 Å². The van der Waals surface area contributed by atoms with E-state index in [0.717, 1.165) is 63.2 Å². The summed E-state index contributed by atoms with van der Waals surface area (Å²) in [5, 5.41) is 1.25. The molecule has 0 spiro atoms. The van der Waals surface area contributed by atoms with Gasteiger partial charge in [-0.05, 0) is 66.0 Å². The van der Waals surface area contributed by atoms with E-state index in [1.54, 1.807) is 0 Å². The van der Waals surface area contributed by atoms with Crippen molar-refractivity contribution in [2.75, 3.05) is 44.9 Å². The minimum Gasteiger partial charge on any atom is -0.465 e. The van der Waals surface area contributed by atoms with Gasteiger partial charge in [-0.2, -0.15) is 0 Å². The molecule has 6 heteroatoms. The zero-order valence-corrected chi connectivity index (χ0v) is 19.2. The van der Waals surface area contributed by atoms with Crippen LogP contribution in [0.3, 0.4) is 0 Å². The van der Waals surface area contributed by atoms with Crippen molar-refractivity contribution >= 4 is 22.3 Å². The highest BCUT2D eigenvalue weighted by Crippen LogP contribution is 2.44. The Morgan fingerprint density at radius 1 is 1.29 bits per heavy atom. The molecular weight excluding hydrogens is 372 g/mol. The smallest absolute Gasteiger partial charge is 0.339 e. The number of likely N-dealkylation sites (tertiary alicyclic amines) is 1. The summed E-state index contributed by atoms with van der Waals surface area (Å²) in [7, 11) is 1.50. The first-order valence-electron chi connectivity index (χ1n) is 10.6. The van der Waals surface area contributed by atoms with Gasteiger partial charge < -0.3 is 14.4 Å². The summed E-state index contributed by atoms with van der Waals surface area (Å²) < 4.78 is 10.8. The van der Waals surface area contributed by atoms with Gasteiger partial charge in [0.25, 0.3) is 0 Å². The van der Waals surface area contributed by atoms with Crippen LogP contribution >= 0.6 is 11.3 Å². The highest BCUT2D eigenvalue weighted by Gasteiger charge is 2.36. The largest absolute Gasteiger partial charge is 0.465 e. The molecule has 5 nitrogen and oxygen atoms in total. The van der Waals surface area contributed by atoms with Crippen LogP contribution in [0.4, 0.5) is 5.00 Å². The Balaban J connectivity index is 1.96. The molecule has 0 amide bonds. The maximum absolute atomic E-state index is 12.7. The van der Waals surface area contributed by atoms with Crippen LogP contribution in [0.5, 0.6) is 0 Å². The van der Waals surface area contributed by atoms with E-state index < -0.39 is 0 Å². The second kappa shape index (κ2) is 8.72. The standard InChI is InChI=1S/C22H36N2O3S/c1-7-24(17-9-12-27-13-10-17)20-15(2)18(21(25)26-6)19(28-20)16-8-11-23(14-16)22(3,4)5/h16-17H,7-14H2,1-6H3. The van der Waals surface area contributed by atoms with Gasteiger partial charge in [0.05, 0.1) is 17.7 Å². The Bertz CT molecular complexity index is 689. The lowest BCUT2D eigenvalue weighted by Crippen LogP contribution is -2.39. The first-order chi connectivity index (χ1) is 13.3. The second-order valence-electron chi connectivity index (χ2n) is 9.00. The van der Waals surface area contributed by atoms with Crippen molar-refractivity contribution in [3.8, 4) is 0 Å². The average Bonchev–Trinajstić information content (AvgIpc) is 3.28. The number of carbonyl (C=O) groups is 1. The molecule has 0 bridgehead atoms. The molecule has 3 heterocycles. The zero-order valence-electron chi connectivity index (χ0n) is 18.3. The Morgan fingerprint density at radius 3 is 2.50 bits per heavy atom. The van der Waals surface area contributed by atoms with Crippen molar-refractivity contribution in [3.63, 3.8) is 0 Å². The number of thiophene rings is 1. The highest BCUT2D eigenvalue weighted by atomic mass is 32.1. The topological polar surface area (TPSA) is 42.0 Å². The summed E-state index contributed by atoms with van der Waals surface area (Å²) >= 11 is 1.82. The lowest BCUT2D eigenvalue weighted by atomic mass is 9.99. The van der Waals surface area contributed by atoms with E-state index in [1.807, 2.05) is 11.3 Å². The lowest BCUT2D eigenvalue weighted by molar-refractivity contribution is 0.0598. The van der Waals surface area contributed by atoms with Gasteiger partial charge in [-0.15, -0.1) is 11.3 Å². The molecule has 0 radical (unpaired) electrons. The first-order valence-corrected chi connectivity index (χ1v) is 11.4. The Morgan fingerprint density at radius 2 is 1.96 bits per heavy atom. The number of anilines is 1. The molecule has 1 atom stereocenters. The number of nitrogens with zero attached hydrogens (tertiary/aromatic N) is 2. The number of rotatable bonds is 5. The number of methoxy groups -OCH3 is 1. The van der Waals surface area contributed by atoms with Gasteiger partial charge in [0.1, 0.15) is 0 Å². The van der Waals surface area contributed by atoms with Crippen LogP contribution in [0.15, 0.2) is 0 Å². The molecular formula is C22H36N2O3S. The molecule has 1 aromatic heterocycles. The van der Waals surface area contributed by atoms with Crippen molar-refractivity contribution in [1.82, 2.24) is 4.90 Å². The minimum atomic E-state index is -0.188. The van der Waals surface area contributed by atoms with Crippen LogP contribution in [-0.4, -0.2) is 62.4 Å². The van der Waals surface area contributed by atoms with Gasteiger partial charge in [0.15, 0.2) is 0 Å². The molecule has 0 saturated carbocycles. The molecule has 2 aliphatic rings. The van der Waals surface area contributed by atoms with Crippen LogP contribution < -0.4 is 4.90 Å². The molecule has 0 aromatic carbocycles. The summed E-state index contributed by atoms with van der Waals surface area (Å²) in [6.07, 6.45) is 3.20. The average molecular weight is 409 g/mol. The van der Waals surface area contributed by atoms with Crippen molar-refractivity contribution < 1.29 is 14.3 Å². The summed E-state index contributed by atoms with van der Waals surface area (Å²) in [6.45, 7) is 15.8. The number of esters is 1. The van der Waals surface area contributed by atoms with E-state index in [4.69, 9.17) is 9.47 Å². The number of ether oxygens (including phenoxy) is 2. The monoisotopic (exact) mass is 408 g/mol. The fraction of sp³-hybridized carbons (Fsp3) is 0.773. The number of carbonyl (C=O) groups excluding carboxylic acids is 1. The van der Waals surface area contributed by atoms with Gasteiger partial charge in [-0.3, -0.25) is 4.90 Å². The van der Waals surface area contributed by atoms with Crippen molar-refractivity contribution in [2.45, 2.75) is 71.4 Å². The van der Waals surface area contributed by atoms with Gasteiger partial charge >= 0.3 is 5.97 Å². The second-order valence-corrected chi connectivity index (χ2v) is 10.0. The SMILES string of the molecule is CCN(c1sc(C2CCN(C(C)(C)C)C2)c(C(=O)OC)c1C)C1CCOCC1. The van der Waals surface area contributed by atoms with E-state index in [1.165, 1.54) is 17.0 Å². The van der Waals surface area contributed by atoms with E-state index in [-0.39, 0.29) is 11.5 Å². The zero-order chi connectivity index (χ0) is 20.5. The fourth-order valence-electron chi connectivity index (χ4n) is 4.59. The molecule has 158 valence electrons. The molecule has 0 aliphatic carbocycles. The van der Waals surface area contributed by atoms with E-state index in [9.17, 15) is 4.79 Å². The molecule has 0 N–H and O–H groups in total. The van der Waals surface area contributed by atoms with Gasteiger partial charge in [0, 0.05) is 48.7 Å². The van der Waals surface area contributed by atoms with Crippen molar-refractivity contribution in [2.24, 2.45) is 0 Å². The normalized spacial score (nSPS) is 21.9. The molecule has 3 rings (SSSR count). The minimum absolute atomic E-state index is 0.160. The molecule has 2 fully saturated rings. The molecule has 2 aliphatic heterocycles. The molecule has 2 saturated heterocycles. The van der Waals surface area contributed by atoms with Crippen molar-refractivity contribution in [1.29, 1.82) is 0 Å². The fourth-order valence-corrected chi connectivity index (χ4v) is 6.15. The van der Waals surface area contributed by atoms with Crippen LogP contribution in [0.25, 0.3) is 0 Å². The van der Waals surface area contributed by atoms with Gasteiger partial charge in [0.2, 0.25) is 0 Å². The van der Waals surface area contributed by atoms with Crippen molar-refractivity contribution in [3.05, 3.63) is 16.0 Å². The summed E-state index contributed by atoms with van der Waals surface area (Å²) in [5.41, 5.74) is 2.07. The van der Waals surface area contributed by atoms with E-state index >= 15 is 0 Å². The Labute approximate surface area is 174 Å². The molecule has 1 aromatic rings. The van der Waals surface area contributed by atoms with E-state index in [0.29, 0.717) is 12.0 Å². The van der Waals surface area contributed by atoms with Crippen LogP contribution in [0, 0.1) is 6.92 Å². The first kappa shape index (κ1) is 21.6. The van der Waals surface area contributed by atoms with E-state index in [2.05, 4.69) is 44.4 Å². The number of hydrogen-bond donors (Lipinski definition) is 0. The Kier molecular flexibility index (Phi) is 6.72. The van der Waals surface area contributed by atoms with Crippen LogP contribution in [0.2, 0.25) is 0 Å². The summed E-state index contributed by atoms with van der Waals surface area (Å²) in [6, 6.07) is 0.490. The van der Waals surface area contributed by atoms with Gasteiger partial charge in [-0.1, -0.05) is 0 Å². The lowest BCUT2D eigenvalue weighted by Gasteiger charge is -2.35. The maximum atomic E-state index is 12.7. The molecule has 1 unspecified atom stereocenters. The predicted octanol–water partition coefficient (Wildman–Crippen LogP) is 4.44. The quantitative estimate of drug-likeness (QED) is 0.674. The third kappa shape index (κ3) is 4.24. The van der Waals surface area contributed by atoms with Gasteiger partial charge in [-0.25, -0.2) is 4.79 Å². The summed E-state index contributed by atoms with van der Waals surface area (Å²) in [4.78, 5) is 19.0. The molecule has 28 heavy (non-hydrogen) atoms. The third-order valence-electron chi connectivity index (χ3n) is 6.28. The third-order valence-corrected chi connectivity index (χ3v) is 7.77. The number of hydrogen-bond acceptors (Lipinski definition) is 6. The maximum Gasteiger partial charge on any atom is 0.339 e.